The molecule has 2 aliphatic rings. The molecule has 1 saturated carbocycles. The monoisotopic (exact) mass is 331 g/mol. The lowest BCUT2D eigenvalue weighted by atomic mass is 10.2. The summed E-state index contributed by atoms with van der Waals surface area (Å²) in [6.07, 6.45) is 4.76. The van der Waals surface area contributed by atoms with E-state index in [1.54, 1.807) is 13.2 Å². The molecular formula is C16H21N5O3. The van der Waals surface area contributed by atoms with Crippen molar-refractivity contribution in [2.45, 2.75) is 51.2 Å². The lowest BCUT2D eigenvalue weighted by Gasteiger charge is -2.26. The Bertz CT molecular complexity index is 694. The Morgan fingerprint density at radius 2 is 2.25 bits per heavy atom. The van der Waals surface area contributed by atoms with Crippen LogP contribution in [0.2, 0.25) is 0 Å². The first kappa shape index (κ1) is 15.3. The molecule has 0 spiro atoms. The van der Waals surface area contributed by atoms with Crippen LogP contribution in [0, 0.1) is 0 Å². The third kappa shape index (κ3) is 3.33. The van der Waals surface area contributed by atoms with E-state index in [1.807, 2.05) is 11.0 Å². The maximum atomic E-state index is 12.1. The number of carbonyl (C=O) groups excluding carboxylic acids is 1. The third-order valence-electron chi connectivity index (χ3n) is 4.69. The minimum Gasteiger partial charge on any atom is -0.364 e. The number of rotatable bonds is 6. The normalized spacial score (nSPS) is 21.3. The smallest absolute Gasteiger partial charge is 0.229 e. The van der Waals surface area contributed by atoms with Crippen molar-refractivity contribution in [2.75, 3.05) is 13.1 Å². The van der Waals surface area contributed by atoms with Gasteiger partial charge in [-0.1, -0.05) is 10.3 Å². The van der Waals surface area contributed by atoms with Gasteiger partial charge in [0, 0.05) is 44.6 Å². The van der Waals surface area contributed by atoms with Crippen molar-refractivity contribution in [1.82, 2.24) is 25.1 Å². The molecule has 1 aliphatic heterocycles. The quantitative estimate of drug-likeness (QED) is 0.793. The van der Waals surface area contributed by atoms with Crippen LogP contribution in [0.5, 0.6) is 0 Å². The summed E-state index contributed by atoms with van der Waals surface area (Å²) in [7, 11) is 0. The number of hydrogen-bond donors (Lipinski definition) is 0. The molecule has 1 aliphatic carbocycles. The first-order valence-corrected chi connectivity index (χ1v) is 8.40. The highest BCUT2D eigenvalue weighted by Crippen LogP contribution is 2.38. The molecule has 0 aromatic carbocycles. The van der Waals surface area contributed by atoms with E-state index in [4.69, 9.17) is 9.05 Å². The predicted octanol–water partition coefficient (Wildman–Crippen LogP) is 1.56. The first-order chi connectivity index (χ1) is 11.7. The number of carbonyl (C=O) groups is 1. The highest BCUT2D eigenvalue weighted by Gasteiger charge is 2.32. The molecule has 2 aromatic rings. The fourth-order valence-electron chi connectivity index (χ4n) is 3.24. The first-order valence-electron chi connectivity index (χ1n) is 8.40. The second-order valence-electron chi connectivity index (χ2n) is 6.64. The lowest BCUT2D eigenvalue weighted by Crippen LogP contribution is -2.40. The van der Waals surface area contributed by atoms with E-state index in [1.165, 1.54) is 0 Å². The van der Waals surface area contributed by atoms with Crippen LogP contribution in [-0.4, -0.2) is 50.1 Å². The zero-order valence-electron chi connectivity index (χ0n) is 13.7. The van der Waals surface area contributed by atoms with Crippen molar-refractivity contribution in [2.24, 2.45) is 0 Å². The molecule has 2 aromatic heterocycles. The van der Waals surface area contributed by atoms with Gasteiger partial charge in [-0.15, -0.1) is 0 Å². The van der Waals surface area contributed by atoms with Gasteiger partial charge in [0.2, 0.25) is 11.8 Å². The average molecular weight is 331 g/mol. The summed E-state index contributed by atoms with van der Waals surface area (Å²) in [5, 5.41) is 7.98. The summed E-state index contributed by atoms with van der Waals surface area (Å²) >= 11 is 0. The number of nitrogens with zero attached hydrogens (tertiary/aromatic N) is 5. The SMILES string of the molecule is CC(=O)N(Cc1noc(C2CC2)n1)C1CCN(Cc2ccon2)C1. The van der Waals surface area contributed by atoms with E-state index in [2.05, 4.69) is 20.2 Å². The van der Waals surface area contributed by atoms with Crippen molar-refractivity contribution in [3.8, 4) is 0 Å². The summed E-state index contributed by atoms with van der Waals surface area (Å²) in [4.78, 5) is 20.7. The largest absolute Gasteiger partial charge is 0.364 e. The van der Waals surface area contributed by atoms with E-state index in [0.29, 0.717) is 24.2 Å². The highest BCUT2D eigenvalue weighted by atomic mass is 16.5. The van der Waals surface area contributed by atoms with E-state index < -0.39 is 0 Å². The van der Waals surface area contributed by atoms with Gasteiger partial charge in [-0.05, 0) is 19.3 Å². The molecule has 0 bridgehead atoms. The fraction of sp³-hybridized carbons (Fsp3) is 0.625. The molecule has 1 amide bonds. The van der Waals surface area contributed by atoms with Crippen LogP contribution < -0.4 is 0 Å². The van der Waals surface area contributed by atoms with Gasteiger partial charge in [0.15, 0.2) is 5.82 Å². The van der Waals surface area contributed by atoms with Crippen LogP contribution in [0.1, 0.15) is 49.5 Å². The molecule has 3 heterocycles. The van der Waals surface area contributed by atoms with Crippen molar-refractivity contribution in [3.63, 3.8) is 0 Å². The molecule has 128 valence electrons. The Balaban J connectivity index is 1.38. The summed E-state index contributed by atoms with van der Waals surface area (Å²) in [6, 6.07) is 2.03. The summed E-state index contributed by atoms with van der Waals surface area (Å²) in [5.41, 5.74) is 0.914. The van der Waals surface area contributed by atoms with Crippen molar-refractivity contribution in [1.29, 1.82) is 0 Å². The maximum Gasteiger partial charge on any atom is 0.229 e. The molecule has 1 saturated heterocycles. The molecule has 8 heteroatoms. The van der Waals surface area contributed by atoms with Gasteiger partial charge in [0.25, 0.3) is 0 Å². The predicted molar refractivity (Wildman–Crippen MR) is 82.7 cm³/mol. The standard InChI is InChI=1S/C16H21N5O3/c1-11(22)21(10-15-17-16(24-19-15)12-2-3-12)14-4-6-20(9-14)8-13-5-7-23-18-13/h5,7,12,14H,2-4,6,8-10H2,1H3. The number of aromatic nitrogens is 3. The Labute approximate surface area is 139 Å². The van der Waals surface area contributed by atoms with Gasteiger partial charge in [-0.2, -0.15) is 4.98 Å². The van der Waals surface area contributed by atoms with Crippen LogP contribution in [0.15, 0.2) is 21.4 Å². The lowest BCUT2D eigenvalue weighted by molar-refractivity contribution is -0.131. The van der Waals surface area contributed by atoms with Crippen LogP contribution in [0.3, 0.4) is 0 Å². The Kier molecular flexibility index (Phi) is 4.05. The highest BCUT2D eigenvalue weighted by molar-refractivity contribution is 5.73. The summed E-state index contributed by atoms with van der Waals surface area (Å²) in [6.45, 7) is 4.50. The summed E-state index contributed by atoms with van der Waals surface area (Å²) in [5.74, 6) is 1.79. The van der Waals surface area contributed by atoms with Crippen molar-refractivity contribution in [3.05, 3.63) is 29.7 Å². The molecule has 8 nitrogen and oxygen atoms in total. The van der Waals surface area contributed by atoms with Crippen molar-refractivity contribution < 1.29 is 13.8 Å². The second-order valence-corrected chi connectivity index (χ2v) is 6.64. The van der Waals surface area contributed by atoms with Crippen LogP contribution >= 0.6 is 0 Å². The van der Waals surface area contributed by atoms with Crippen LogP contribution in [0.4, 0.5) is 0 Å². The molecule has 4 rings (SSSR count). The van der Waals surface area contributed by atoms with Crippen LogP contribution in [-0.2, 0) is 17.9 Å². The van der Waals surface area contributed by atoms with E-state index in [0.717, 1.165) is 44.6 Å². The molecule has 0 radical (unpaired) electrons. The zero-order valence-corrected chi connectivity index (χ0v) is 13.7. The van der Waals surface area contributed by atoms with Gasteiger partial charge in [-0.25, -0.2) is 0 Å². The van der Waals surface area contributed by atoms with Crippen LogP contribution in [0.25, 0.3) is 0 Å². The molecular weight excluding hydrogens is 310 g/mol. The molecule has 0 N–H and O–H groups in total. The maximum absolute atomic E-state index is 12.1. The fourth-order valence-corrected chi connectivity index (χ4v) is 3.24. The van der Waals surface area contributed by atoms with Gasteiger partial charge in [0.05, 0.1) is 12.2 Å². The van der Waals surface area contributed by atoms with E-state index in [9.17, 15) is 4.79 Å². The third-order valence-corrected chi connectivity index (χ3v) is 4.69. The van der Waals surface area contributed by atoms with Gasteiger partial charge in [0.1, 0.15) is 6.26 Å². The van der Waals surface area contributed by atoms with E-state index in [-0.39, 0.29) is 11.9 Å². The summed E-state index contributed by atoms with van der Waals surface area (Å²) < 4.78 is 10.2. The molecule has 24 heavy (non-hydrogen) atoms. The Morgan fingerprint density at radius 1 is 1.38 bits per heavy atom. The number of hydrogen-bond acceptors (Lipinski definition) is 7. The van der Waals surface area contributed by atoms with Gasteiger partial charge < -0.3 is 13.9 Å². The molecule has 1 atom stereocenters. The Hall–Kier alpha value is -2.22. The second kappa shape index (κ2) is 6.35. The van der Waals surface area contributed by atoms with Gasteiger partial charge >= 0.3 is 0 Å². The topological polar surface area (TPSA) is 88.5 Å². The van der Waals surface area contributed by atoms with Crippen molar-refractivity contribution >= 4 is 5.91 Å². The molecule has 2 fully saturated rings. The number of likely N-dealkylation sites (tertiary alicyclic amines) is 1. The van der Waals surface area contributed by atoms with E-state index >= 15 is 0 Å². The average Bonchev–Trinajstić information content (AvgIpc) is 2.97. The molecule has 1 unspecified atom stereocenters. The van der Waals surface area contributed by atoms with Gasteiger partial charge in [-0.3, -0.25) is 9.69 Å². The minimum atomic E-state index is 0.0426. The minimum absolute atomic E-state index is 0.0426. The zero-order chi connectivity index (χ0) is 16.5. The number of amides is 1. The Morgan fingerprint density at radius 3 is 2.96 bits per heavy atom.